The fourth-order valence-electron chi connectivity index (χ4n) is 2.64. The largest absolute Gasteiger partial charge is 0.462 e. The zero-order valence-electron chi connectivity index (χ0n) is 13.5. The molecule has 1 heterocycles. The smallest absolute Gasteiger partial charge is 0.355 e. The van der Waals surface area contributed by atoms with Gasteiger partial charge >= 0.3 is 9.28 Å². The zero-order chi connectivity index (χ0) is 15.3. The number of hydrogen-bond acceptors (Lipinski definition) is 4. The van der Waals surface area contributed by atoms with E-state index in [0.717, 1.165) is 29.3 Å². The van der Waals surface area contributed by atoms with Crippen LogP contribution < -0.4 is 9.92 Å². The van der Waals surface area contributed by atoms with Gasteiger partial charge in [-0.05, 0) is 23.7 Å². The summed E-state index contributed by atoms with van der Waals surface area (Å²) in [5.41, 5.74) is 1.08. The van der Waals surface area contributed by atoms with Crippen molar-refractivity contribution in [2.24, 2.45) is 0 Å². The molecule has 0 N–H and O–H groups in total. The van der Waals surface area contributed by atoms with Gasteiger partial charge in [-0.1, -0.05) is 25.8 Å². The molecule has 1 aliphatic rings. The second-order valence-electron chi connectivity index (χ2n) is 5.65. The van der Waals surface area contributed by atoms with E-state index >= 15 is 0 Å². The SMILES string of the molecule is CCCCCC1(C)OCc2cc([SiH](OC)OC)ccc2O1. The van der Waals surface area contributed by atoms with E-state index in [9.17, 15) is 0 Å². The summed E-state index contributed by atoms with van der Waals surface area (Å²) in [6.45, 7) is 4.81. The van der Waals surface area contributed by atoms with E-state index in [2.05, 4.69) is 13.0 Å². The second kappa shape index (κ2) is 7.40. The molecular formula is C16H26O4Si. The molecule has 0 radical (unpaired) electrons. The zero-order valence-corrected chi connectivity index (χ0v) is 14.6. The topological polar surface area (TPSA) is 36.9 Å². The molecule has 4 nitrogen and oxygen atoms in total. The van der Waals surface area contributed by atoms with Gasteiger partial charge in [-0.2, -0.15) is 0 Å². The summed E-state index contributed by atoms with van der Waals surface area (Å²) in [6, 6.07) is 6.15. The van der Waals surface area contributed by atoms with Crippen LogP contribution in [0, 0.1) is 0 Å². The molecule has 1 aliphatic heterocycles. The van der Waals surface area contributed by atoms with Crippen LogP contribution in [-0.4, -0.2) is 29.3 Å². The van der Waals surface area contributed by atoms with Gasteiger partial charge in [-0.25, -0.2) is 0 Å². The molecule has 0 spiro atoms. The van der Waals surface area contributed by atoms with Crippen LogP contribution in [0.5, 0.6) is 5.75 Å². The summed E-state index contributed by atoms with van der Waals surface area (Å²) in [5.74, 6) is 0.423. The molecule has 5 heteroatoms. The Morgan fingerprint density at radius 2 is 2.00 bits per heavy atom. The first-order chi connectivity index (χ1) is 10.1. The molecule has 0 saturated carbocycles. The number of benzene rings is 1. The van der Waals surface area contributed by atoms with Crippen molar-refractivity contribution in [2.75, 3.05) is 14.2 Å². The van der Waals surface area contributed by atoms with Crippen LogP contribution in [0.15, 0.2) is 18.2 Å². The van der Waals surface area contributed by atoms with E-state index in [4.69, 9.17) is 18.3 Å². The molecule has 0 aliphatic carbocycles. The number of hydrogen-bond donors (Lipinski definition) is 0. The van der Waals surface area contributed by atoms with Crippen molar-refractivity contribution in [3.8, 4) is 5.75 Å². The minimum atomic E-state index is -1.77. The minimum absolute atomic E-state index is 0.497. The van der Waals surface area contributed by atoms with Crippen molar-refractivity contribution in [2.45, 2.75) is 51.9 Å². The third-order valence-corrected chi connectivity index (χ3v) is 5.64. The highest BCUT2D eigenvalue weighted by Gasteiger charge is 2.32. The molecule has 0 bridgehead atoms. The predicted molar refractivity (Wildman–Crippen MR) is 85.2 cm³/mol. The van der Waals surface area contributed by atoms with E-state index in [0.29, 0.717) is 6.61 Å². The fraction of sp³-hybridized carbons (Fsp3) is 0.625. The van der Waals surface area contributed by atoms with E-state index in [-0.39, 0.29) is 0 Å². The summed E-state index contributed by atoms with van der Waals surface area (Å²) >= 11 is 0. The molecule has 1 atom stereocenters. The standard InChI is InChI=1S/C16H26O4Si/c1-5-6-7-10-16(2)19-12-13-11-14(21(17-3)18-4)8-9-15(13)20-16/h8-9,11,21H,5-7,10,12H2,1-4H3. The lowest BCUT2D eigenvalue weighted by molar-refractivity contribution is -0.198. The lowest BCUT2D eigenvalue weighted by Crippen LogP contribution is -2.40. The van der Waals surface area contributed by atoms with Crippen molar-refractivity contribution in [3.63, 3.8) is 0 Å². The maximum atomic E-state index is 6.08. The summed E-state index contributed by atoms with van der Waals surface area (Å²) in [6.07, 6.45) is 4.47. The van der Waals surface area contributed by atoms with Gasteiger partial charge in [-0.15, -0.1) is 0 Å². The highest BCUT2D eigenvalue weighted by molar-refractivity contribution is 6.61. The van der Waals surface area contributed by atoms with E-state index in [1.54, 1.807) is 14.2 Å². The Balaban J connectivity index is 2.08. The van der Waals surface area contributed by atoms with Gasteiger partial charge in [-0.3, -0.25) is 0 Å². The van der Waals surface area contributed by atoms with Gasteiger partial charge in [0.25, 0.3) is 0 Å². The lowest BCUT2D eigenvalue weighted by Gasteiger charge is -2.36. The van der Waals surface area contributed by atoms with Crippen molar-refractivity contribution in [3.05, 3.63) is 23.8 Å². The van der Waals surface area contributed by atoms with Gasteiger partial charge in [0.1, 0.15) is 5.75 Å². The van der Waals surface area contributed by atoms with Crippen molar-refractivity contribution >= 4 is 14.5 Å². The minimum Gasteiger partial charge on any atom is -0.462 e. The third-order valence-electron chi connectivity index (χ3n) is 3.88. The predicted octanol–water partition coefficient (Wildman–Crippen LogP) is 2.61. The Labute approximate surface area is 129 Å². The molecule has 118 valence electrons. The molecule has 1 aromatic carbocycles. The first-order valence-corrected chi connectivity index (χ1v) is 9.15. The molecule has 1 aromatic rings. The molecule has 0 amide bonds. The second-order valence-corrected chi connectivity index (χ2v) is 7.93. The number of fused-ring (bicyclic) bond motifs is 1. The molecule has 0 fully saturated rings. The van der Waals surface area contributed by atoms with Gasteiger partial charge in [0.2, 0.25) is 5.79 Å². The number of rotatable bonds is 7. The van der Waals surface area contributed by atoms with Crippen LogP contribution in [0.3, 0.4) is 0 Å². The Morgan fingerprint density at radius 3 is 2.67 bits per heavy atom. The van der Waals surface area contributed by atoms with E-state index < -0.39 is 15.1 Å². The van der Waals surface area contributed by atoms with Crippen LogP contribution in [-0.2, 0) is 20.2 Å². The third kappa shape index (κ3) is 4.07. The first-order valence-electron chi connectivity index (χ1n) is 7.63. The van der Waals surface area contributed by atoms with Crippen molar-refractivity contribution < 1.29 is 18.3 Å². The molecule has 0 aromatic heterocycles. The maximum absolute atomic E-state index is 6.08. The summed E-state index contributed by atoms with van der Waals surface area (Å²) in [5, 5.41) is 1.11. The van der Waals surface area contributed by atoms with E-state index in [1.165, 1.54) is 12.8 Å². The Morgan fingerprint density at radius 1 is 1.24 bits per heavy atom. The molecule has 21 heavy (non-hydrogen) atoms. The Bertz CT molecular complexity index is 462. The molecular weight excluding hydrogens is 284 g/mol. The van der Waals surface area contributed by atoms with E-state index in [1.807, 2.05) is 19.1 Å². The van der Waals surface area contributed by atoms with Gasteiger partial charge in [0.15, 0.2) is 0 Å². The number of unbranched alkanes of at least 4 members (excludes halogenated alkanes) is 2. The van der Waals surface area contributed by atoms with Gasteiger partial charge in [0, 0.05) is 33.1 Å². The average molecular weight is 310 g/mol. The van der Waals surface area contributed by atoms with Crippen molar-refractivity contribution in [1.29, 1.82) is 0 Å². The van der Waals surface area contributed by atoms with Crippen LogP contribution in [0.25, 0.3) is 0 Å². The summed E-state index contributed by atoms with van der Waals surface area (Å²) < 4.78 is 22.9. The molecule has 2 rings (SSSR count). The van der Waals surface area contributed by atoms with Gasteiger partial charge in [0.05, 0.1) is 6.61 Å². The molecule has 0 saturated heterocycles. The normalized spacial score (nSPS) is 21.2. The average Bonchev–Trinajstić information content (AvgIpc) is 2.49. The van der Waals surface area contributed by atoms with Gasteiger partial charge < -0.3 is 18.3 Å². The highest BCUT2D eigenvalue weighted by atomic mass is 28.3. The fourth-order valence-corrected chi connectivity index (χ4v) is 3.97. The van der Waals surface area contributed by atoms with Crippen LogP contribution in [0.1, 0.15) is 45.1 Å². The monoisotopic (exact) mass is 310 g/mol. The first kappa shape index (κ1) is 16.5. The number of ether oxygens (including phenoxy) is 2. The lowest BCUT2D eigenvalue weighted by atomic mass is 10.1. The quantitative estimate of drug-likeness (QED) is 0.573. The highest BCUT2D eigenvalue weighted by Crippen LogP contribution is 2.33. The van der Waals surface area contributed by atoms with Crippen LogP contribution >= 0.6 is 0 Å². The molecule has 1 unspecified atom stereocenters. The Hall–Kier alpha value is -0.883. The van der Waals surface area contributed by atoms with Crippen LogP contribution in [0.2, 0.25) is 0 Å². The summed E-state index contributed by atoms with van der Waals surface area (Å²) in [7, 11) is 1.62. The summed E-state index contributed by atoms with van der Waals surface area (Å²) in [4.78, 5) is 0. The van der Waals surface area contributed by atoms with Crippen molar-refractivity contribution in [1.82, 2.24) is 0 Å². The Kier molecular flexibility index (Phi) is 5.81. The van der Waals surface area contributed by atoms with Crippen LogP contribution in [0.4, 0.5) is 0 Å². The maximum Gasteiger partial charge on any atom is 0.355 e.